The summed E-state index contributed by atoms with van der Waals surface area (Å²) in [4.78, 5) is 12.5. The first-order valence-corrected chi connectivity index (χ1v) is 13.0. The first-order valence-electron chi connectivity index (χ1n) is 13.0. The number of esters is 1. The Hall–Kier alpha value is -2.21. The molecular weight excluding hydrogens is 440 g/mol. The Morgan fingerprint density at radius 2 is 1.94 bits per heavy atom. The van der Waals surface area contributed by atoms with Gasteiger partial charge in [-0.15, -0.1) is 0 Å². The molecule has 6 atom stereocenters. The molecule has 0 radical (unpaired) electrons. The summed E-state index contributed by atoms with van der Waals surface area (Å²) < 4.78 is 17.7. The molecule has 5 nitrogen and oxygen atoms in total. The number of hydrogen-bond donors (Lipinski definition) is 1. The number of carbonyl (C=O) groups excluding carboxylic acids is 1. The Balaban J connectivity index is 1.65. The van der Waals surface area contributed by atoms with Gasteiger partial charge in [0.25, 0.3) is 0 Å². The van der Waals surface area contributed by atoms with Crippen LogP contribution in [0, 0.1) is 5.92 Å². The Morgan fingerprint density at radius 1 is 1.11 bits per heavy atom. The maximum atomic E-state index is 12.5. The molecule has 35 heavy (non-hydrogen) atoms. The topological polar surface area (TPSA) is 65.0 Å². The molecule has 0 amide bonds. The van der Waals surface area contributed by atoms with E-state index in [-0.39, 0.29) is 30.4 Å². The minimum Gasteiger partial charge on any atom is -0.459 e. The van der Waals surface area contributed by atoms with Gasteiger partial charge in [0.05, 0.1) is 31.0 Å². The van der Waals surface area contributed by atoms with E-state index in [0.717, 1.165) is 31.3 Å². The van der Waals surface area contributed by atoms with E-state index in [1.807, 2.05) is 18.2 Å². The SMILES string of the molecule is C=C1C[C@H](C)C[C@@H]2CC=C[C@@H](CC=CC(=O)O[C@H](CC=C[C@@H]3CC(C)=CCO3)CC=C[C@@H](O)C1)O2. The van der Waals surface area contributed by atoms with Crippen LogP contribution in [-0.4, -0.2) is 48.2 Å². The fourth-order valence-corrected chi connectivity index (χ4v) is 4.85. The van der Waals surface area contributed by atoms with Crippen LogP contribution in [0.5, 0.6) is 0 Å². The summed E-state index contributed by atoms with van der Waals surface area (Å²) in [6, 6.07) is 0. The largest absolute Gasteiger partial charge is 0.459 e. The van der Waals surface area contributed by atoms with Gasteiger partial charge in [0.15, 0.2) is 0 Å². The molecule has 0 saturated carbocycles. The highest BCUT2D eigenvalue weighted by Gasteiger charge is 2.21. The van der Waals surface area contributed by atoms with Crippen molar-refractivity contribution >= 4 is 5.97 Å². The maximum Gasteiger partial charge on any atom is 0.330 e. The van der Waals surface area contributed by atoms with Gasteiger partial charge < -0.3 is 19.3 Å². The normalized spacial score (nSPS) is 33.7. The Labute approximate surface area is 210 Å². The molecule has 3 heterocycles. The van der Waals surface area contributed by atoms with Crippen molar-refractivity contribution in [3.8, 4) is 0 Å². The van der Waals surface area contributed by atoms with Crippen molar-refractivity contribution in [2.24, 2.45) is 5.92 Å². The highest BCUT2D eigenvalue weighted by atomic mass is 16.5. The predicted molar refractivity (Wildman–Crippen MR) is 140 cm³/mol. The van der Waals surface area contributed by atoms with Gasteiger partial charge in [-0.2, -0.15) is 0 Å². The van der Waals surface area contributed by atoms with E-state index in [9.17, 15) is 9.90 Å². The Bertz CT molecular complexity index is 849. The lowest BCUT2D eigenvalue weighted by molar-refractivity contribution is -0.142. The van der Waals surface area contributed by atoms with Crippen LogP contribution in [0.2, 0.25) is 0 Å². The minimum atomic E-state index is -0.594. The third kappa shape index (κ3) is 10.5. The summed E-state index contributed by atoms with van der Waals surface area (Å²) >= 11 is 0. The number of cyclic esters (lactones) is 1. The number of aliphatic hydroxyl groups excluding tert-OH is 1. The lowest BCUT2D eigenvalue weighted by Gasteiger charge is -2.28. The number of hydrogen-bond acceptors (Lipinski definition) is 5. The molecule has 2 bridgehead atoms. The zero-order chi connectivity index (χ0) is 25.0. The van der Waals surface area contributed by atoms with Gasteiger partial charge >= 0.3 is 5.97 Å². The number of rotatable bonds is 3. The number of aliphatic hydroxyl groups is 1. The third-order valence-electron chi connectivity index (χ3n) is 6.59. The summed E-state index contributed by atoms with van der Waals surface area (Å²) in [7, 11) is 0. The second-order valence-electron chi connectivity index (χ2n) is 10.2. The van der Waals surface area contributed by atoms with Crippen molar-refractivity contribution in [1.29, 1.82) is 0 Å². The molecule has 0 aromatic heterocycles. The van der Waals surface area contributed by atoms with Crippen LogP contribution in [0.4, 0.5) is 0 Å². The maximum absolute atomic E-state index is 12.5. The van der Waals surface area contributed by atoms with Crippen molar-refractivity contribution in [2.45, 2.75) is 95.7 Å². The van der Waals surface area contributed by atoms with Crippen LogP contribution in [0.25, 0.3) is 0 Å². The van der Waals surface area contributed by atoms with E-state index in [1.54, 1.807) is 6.08 Å². The molecular formula is C30H42O5. The third-order valence-corrected chi connectivity index (χ3v) is 6.59. The van der Waals surface area contributed by atoms with Crippen molar-refractivity contribution in [2.75, 3.05) is 6.61 Å². The van der Waals surface area contributed by atoms with Gasteiger partial charge in [-0.25, -0.2) is 4.79 Å². The molecule has 0 aromatic rings. The summed E-state index contributed by atoms with van der Waals surface area (Å²) in [5.41, 5.74) is 2.37. The molecule has 0 unspecified atom stereocenters. The van der Waals surface area contributed by atoms with Crippen LogP contribution < -0.4 is 0 Å². The lowest BCUT2D eigenvalue weighted by Crippen LogP contribution is -2.25. The molecule has 0 spiro atoms. The van der Waals surface area contributed by atoms with E-state index >= 15 is 0 Å². The molecule has 5 heteroatoms. The van der Waals surface area contributed by atoms with E-state index in [4.69, 9.17) is 14.2 Å². The molecule has 1 N–H and O–H groups in total. The highest BCUT2D eigenvalue weighted by Crippen LogP contribution is 2.26. The summed E-state index contributed by atoms with van der Waals surface area (Å²) in [5, 5.41) is 10.5. The number of carbonyl (C=O) groups is 1. The number of fused-ring (bicyclic) bond motifs is 2. The Kier molecular flexibility index (Phi) is 11.2. The van der Waals surface area contributed by atoms with Gasteiger partial charge in [-0.05, 0) is 51.4 Å². The van der Waals surface area contributed by atoms with Crippen molar-refractivity contribution < 1.29 is 24.1 Å². The van der Waals surface area contributed by atoms with Crippen molar-refractivity contribution in [3.63, 3.8) is 0 Å². The van der Waals surface area contributed by atoms with E-state index in [0.29, 0.717) is 38.2 Å². The van der Waals surface area contributed by atoms with Crippen LogP contribution in [0.1, 0.15) is 65.2 Å². The molecule has 0 aliphatic carbocycles. The average Bonchev–Trinajstić information content (AvgIpc) is 2.78. The van der Waals surface area contributed by atoms with Crippen molar-refractivity contribution in [3.05, 3.63) is 72.4 Å². The van der Waals surface area contributed by atoms with Gasteiger partial charge in [-0.3, -0.25) is 0 Å². The minimum absolute atomic E-state index is 0.0245. The molecule has 3 rings (SSSR count). The van der Waals surface area contributed by atoms with Gasteiger partial charge in [-0.1, -0.05) is 73.3 Å². The van der Waals surface area contributed by atoms with E-state index < -0.39 is 6.10 Å². The fraction of sp³-hybridized carbons (Fsp3) is 0.567. The smallest absolute Gasteiger partial charge is 0.330 e. The summed E-state index contributed by atoms with van der Waals surface area (Å²) in [6.45, 7) is 9.15. The average molecular weight is 483 g/mol. The first-order chi connectivity index (χ1) is 16.9. The molecule has 0 saturated heterocycles. The molecule has 0 fully saturated rings. The standard InChI is InChI=1S/C30H42O5/c1-22-16-17-33-28(20-22)13-5-11-27-9-4-8-25(31)19-23(2)18-24(3)21-29-14-6-10-26(34-29)12-7-15-30(32)35-27/h4-8,10,13,15-16,24-29,31H,2,9,11-12,14,17-21H2,1,3H3/t24-,25+,26-,27-,28+,29-/m0/s1. The predicted octanol–water partition coefficient (Wildman–Crippen LogP) is 5.92. The number of ether oxygens (including phenoxy) is 3. The molecule has 3 aliphatic heterocycles. The van der Waals surface area contributed by atoms with Crippen LogP contribution >= 0.6 is 0 Å². The zero-order valence-corrected chi connectivity index (χ0v) is 21.3. The van der Waals surface area contributed by atoms with Gasteiger partial charge in [0.1, 0.15) is 6.10 Å². The molecule has 192 valence electrons. The zero-order valence-electron chi connectivity index (χ0n) is 21.3. The van der Waals surface area contributed by atoms with Crippen LogP contribution in [0.3, 0.4) is 0 Å². The quantitative estimate of drug-likeness (QED) is 0.399. The lowest BCUT2D eigenvalue weighted by atomic mass is 9.91. The van der Waals surface area contributed by atoms with E-state index in [2.05, 4.69) is 44.7 Å². The monoisotopic (exact) mass is 482 g/mol. The fourth-order valence-electron chi connectivity index (χ4n) is 4.85. The van der Waals surface area contributed by atoms with Gasteiger partial charge in [0.2, 0.25) is 0 Å². The van der Waals surface area contributed by atoms with Crippen LogP contribution in [0.15, 0.2) is 72.4 Å². The van der Waals surface area contributed by atoms with E-state index in [1.165, 1.54) is 11.6 Å². The summed E-state index contributed by atoms with van der Waals surface area (Å²) in [6.07, 6.45) is 22.7. The van der Waals surface area contributed by atoms with Crippen LogP contribution in [-0.2, 0) is 19.0 Å². The Morgan fingerprint density at radius 3 is 2.77 bits per heavy atom. The second-order valence-corrected chi connectivity index (χ2v) is 10.2. The second kappa shape index (κ2) is 14.4. The van der Waals surface area contributed by atoms with Gasteiger partial charge in [0, 0.05) is 18.9 Å². The highest BCUT2D eigenvalue weighted by molar-refractivity contribution is 5.82. The molecule has 3 aliphatic rings. The molecule has 0 aromatic carbocycles. The first kappa shape index (κ1) is 27.4. The van der Waals surface area contributed by atoms with Crippen molar-refractivity contribution in [1.82, 2.24) is 0 Å². The summed E-state index contributed by atoms with van der Waals surface area (Å²) in [5.74, 6) is 0.0771.